The fourth-order valence-corrected chi connectivity index (χ4v) is 3.98. The summed E-state index contributed by atoms with van der Waals surface area (Å²) in [6, 6.07) is 9.85. The topological polar surface area (TPSA) is 89.4 Å². The molecule has 1 amide bonds. The van der Waals surface area contributed by atoms with Crippen LogP contribution in [0.15, 0.2) is 42.7 Å². The number of hydrogen-bond donors (Lipinski definition) is 1. The zero-order chi connectivity index (χ0) is 19.0. The Balaban J connectivity index is 1.65. The van der Waals surface area contributed by atoms with E-state index in [9.17, 15) is 4.79 Å². The normalized spacial score (nSPS) is 16.8. The minimum atomic E-state index is -0.625. The maximum atomic E-state index is 12.4. The van der Waals surface area contributed by atoms with Gasteiger partial charge in [-0.1, -0.05) is 44.2 Å². The van der Waals surface area contributed by atoms with E-state index in [1.807, 2.05) is 40.9 Å². The first-order valence-corrected chi connectivity index (χ1v) is 9.33. The average Bonchev–Trinajstić information content (AvgIpc) is 3.13. The number of benzene rings is 1. The lowest BCUT2D eigenvalue weighted by Crippen LogP contribution is -2.50. The zero-order valence-corrected chi connectivity index (χ0v) is 15.7. The standard InChI is InChI=1S/C20H24N6O/c1-14(2)16-23-24-18-17(22-10-13-26(16)18)25-11-8-20(9-12-25,19(21)27)15-6-4-3-5-7-15/h3-7,10,13-14H,8-9,11-12H2,1-2H3,(H2,21,27). The Morgan fingerprint density at radius 2 is 1.85 bits per heavy atom. The van der Waals surface area contributed by atoms with Crippen molar-refractivity contribution in [2.45, 2.75) is 38.0 Å². The number of nitrogens with zero attached hydrogens (tertiary/aromatic N) is 5. The molecule has 1 aromatic carbocycles. The van der Waals surface area contributed by atoms with Gasteiger partial charge in [0.1, 0.15) is 5.82 Å². The summed E-state index contributed by atoms with van der Waals surface area (Å²) < 4.78 is 2.00. The van der Waals surface area contributed by atoms with Gasteiger partial charge in [0.25, 0.3) is 0 Å². The fourth-order valence-electron chi connectivity index (χ4n) is 3.98. The van der Waals surface area contributed by atoms with E-state index < -0.39 is 5.41 Å². The van der Waals surface area contributed by atoms with Gasteiger partial charge in [-0.25, -0.2) is 4.98 Å². The highest BCUT2D eigenvalue weighted by Gasteiger charge is 2.42. The predicted octanol–water partition coefficient (Wildman–Crippen LogP) is 2.27. The second-order valence-corrected chi connectivity index (χ2v) is 7.46. The van der Waals surface area contributed by atoms with Crippen LogP contribution in [0.1, 0.15) is 44.0 Å². The molecule has 0 spiro atoms. The van der Waals surface area contributed by atoms with Gasteiger partial charge in [-0.2, -0.15) is 0 Å². The van der Waals surface area contributed by atoms with Crippen LogP contribution in [0.25, 0.3) is 5.65 Å². The molecule has 0 unspecified atom stereocenters. The molecule has 0 radical (unpaired) electrons. The molecule has 7 heteroatoms. The summed E-state index contributed by atoms with van der Waals surface area (Å²) in [5.74, 6) is 1.74. The van der Waals surface area contributed by atoms with Crippen LogP contribution in [0.3, 0.4) is 0 Å². The first-order valence-electron chi connectivity index (χ1n) is 9.33. The molecule has 1 aliphatic rings. The smallest absolute Gasteiger partial charge is 0.228 e. The first kappa shape index (κ1) is 17.5. The first-order chi connectivity index (χ1) is 13.0. The number of rotatable bonds is 4. The quantitative estimate of drug-likeness (QED) is 0.767. The van der Waals surface area contributed by atoms with Crippen LogP contribution in [-0.2, 0) is 10.2 Å². The van der Waals surface area contributed by atoms with Crippen molar-refractivity contribution < 1.29 is 4.79 Å². The Kier molecular flexibility index (Phi) is 4.30. The maximum absolute atomic E-state index is 12.4. The lowest BCUT2D eigenvalue weighted by atomic mass is 9.72. The van der Waals surface area contributed by atoms with E-state index in [1.165, 1.54) is 0 Å². The number of hydrogen-bond acceptors (Lipinski definition) is 5. The van der Waals surface area contributed by atoms with Crippen molar-refractivity contribution >= 4 is 17.4 Å². The average molecular weight is 364 g/mol. The minimum absolute atomic E-state index is 0.260. The third-order valence-electron chi connectivity index (χ3n) is 5.57. The number of aromatic nitrogens is 4. The summed E-state index contributed by atoms with van der Waals surface area (Å²) in [4.78, 5) is 19.1. The Morgan fingerprint density at radius 1 is 1.15 bits per heavy atom. The maximum Gasteiger partial charge on any atom is 0.228 e. The number of nitrogens with two attached hydrogens (primary N) is 1. The molecule has 1 saturated heterocycles. The fraction of sp³-hybridized carbons (Fsp3) is 0.400. The van der Waals surface area contributed by atoms with Crippen molar-refractivity contribution in [1.82, 2.24) is 19.6 Å². The molecular formula is C20H24N6O. The predicted molar refractivity (Wildman–Crippen MR) is 104 cm³/mol. The molecule has 27 heavy (non-hydrogen) atoms. The highest BCUT2D eigenvalue weighted by atomic mass is 16.1. The summed E-state index contributed by atoms with van der Waals surface area (Å²) in [6.45, 7) is 5.57. The van der Waals surface area contributed by atoms with E-state index >= 15 is 0 Å². The molecule has 0 atom stereocenters. The van der Waals surface area contributed by atoms with Crippen molar-refractivity contribution in [3.05, 3.63) is 54.1 Å². The number of carbonyl (C=O) groups excluding carboxylic acids is 1. The Bertz CT molecular complexity index is 957. The monoisotopic (exact) mass is 364 g/mol. The zero-order valence-electron chi connectivity index (χ0n) is 15.7. The van der Waals surface area contributed by atoms with Crippen LogP contribution < -0.4 is 10.6 Å². The Hall–Kier alpha value is -2.96. The molecule has 3 aromatic rings. The van der Waals surface area contributed by atoms with Gasteiger partial charge in [0, 0.05) is 31.4 Å². The Morgan fingerprint density at radius 3 is 2.48 bits per heavy atom. The summed E-state index contributed by atoms with van der Waals surface area (Å²) in [5, 5.41) is 8.69. The highest BCUT2D eigenvalue weighted by Crippen LogP contribution is 2.37. The Labute approximate surface area is 158 Å². The molecule has 4 rings (SSSR count). The van der Waals surface area contributed by atoms with Crippen LogP contribution in [-0.4, -0.2) is 38.6 Å². The van der Waals surface area contributed by atoms with E-state index in [-0.39, 0.29) is 11.8 Å². The molecule has 0 saturated carbocycles. The van der Waals surface area contributed by atoms with Crippen LogP contribution >= 0.6 is 0 Å². The van der Waals surface area contributed by atoms with Gasteiger partial charge in [0.05, 0.1) is 5.41 Å². The third-order valence-corrected chi connectivity index (χ3v) is 5.57. The molecular weight excluding hydrogens is 340 g/mol. The van der Waals surface area contributed by atoms with Crippen molar-refractivity contribution in [1.29, 1.82) is 0 Å². The number of piperidine rings is 1. The second kappa shape index (κ2) is 6.64. The molecule has 2 N–H and O–H groups in total. The number of carbonyl (C=O) groups is 1. The molecule has 1 aliphatic heterocycles. The van der Waals surface area contributed by atoms with Crippen LogP contribution in [0.5, 0.6) is 0 Å². The molecule has 0 bridgehead atoms. The van der Waals surface area contributed by atoms with Gasteiger partial charge in [-0.15, -0.1) is 10.2 Å². The number of primary amides is 1. The number of anilines is 1. The van der Waals surface area contributed by atoms with E-state index in [2.05, 4.69) is 33.9 Å². The van der Waals surface area contributed by atoms with Gasteiger partial charge in [-0.05, 0) is 18.4 Å². The third kappa shape index (κ3) is 2.83. The van der Waals surface area contributed by atoms with E-state index in [4.69, 9.17) is 5.73 Å². The number of fused-ring (bicyclic) bond motifs is 1. The van der Waals surface area contributed by atoms with Gasteiger partial charge in [-0.3, -0.25) is 9.20 Å². The number of amides is 1. The molecule has 2 aromatic heterocycles. The van der Waals surface area contributed by atoms with Crippen molar-refractivity contribution in [2.24, 2.45) is 5.73 Å². The van der Waals surface area contributed by atoms with Gasteiger partial charge >= 0.3 is 0 Å². The minimum Gasteiger partial charge on any atom is -0.369 e. The molecule has 3 heterocycles. The lowest BCUT2D eigenvalue weighted by molar-refractivity contribution is -0.124. The van der Waals surface area contributed by atoms with Gasteiger partial charge in [0.2, 0.25) is 11.6 Å². The van der Waals surface area contributed by atoms with Crippen molar-refractivity contribution in [3.8, 4) is 0 Å². The van der Waals surface area contributed by atoms with Crippen LogP contribution in [0.2, 0.25) is 0 Å². The second-order valence-electron chi connectivity index (χ2n) is 7.46. The summed E-state index contributed by atoms with van der Waals surface area (Å²) in [5.41, 5.74) is 6.97. The molecule has 140 valence electrons. The van der Waals surface area contributed by atoms with E-state index in [1.54, 1.807) is 6.20 Å². The van der Waals surface area contributed by atoms with E-state index in [0.717, 1.165) is 22.9 Å². The molecule has 1 fully saturated rings. The summed E-state index contributed by atoms with van der Waals surface area (Å²) in [6.07, 6.45) is 4.99. The van der Waals surface area contributed by atoms with E-state index in [0.29, 0.717) is 25.9 Å². The lowest BCUT2D eigenvalue weighted by Gasteiger charge is -2.40. The van der Waals surface area contributed by atoms with Crippen molar-refractivity contribution in [3.63, 3.8) is 0 Å². The summed E-state index contributed by atoms with van der Waals surface area (Å²) in [7, 11) is 0. The van der Waals surface area contributed by atoms with Crippen molar-refractivity contribution in [2.75, 3.05) is 18.0 Å². The van der Waals surface area contributed by atoms with Crippen LogP contribution in [0.4, 0.5) is 5.82 Å². The summed E-state index contributed by atoms with van der Waals surface area (Å²) >= 11 is 0. The van der Waals surface area contributed by atoms with Crippen LogP contribution in [0, 0.1) is 0 Å². The van der Waals surface area contributed by atoms with Gasteiger partial charge in [0.15, 0.2) is 5.82 Å². The largest absolute Gasteiger partial charge is 0.369 e. The molecule has 7 nitrogen and oxygen atoms in total. The highest BCUT2D eigenvalue weighted by molar-refractivity contribution is 5.87. The molecule has 0 aliphatic carbocycles. The van der Waals surface area contributed by atoms with Gasteiger partial charge < -0.3 is 10.6 Å². The SMILES string of the molecule is CC(C)c1nnc2c(N3CCC(C(N)=O)(c4ccccc4)CC3)nccn12.